The molecule has 1 aromatic heterocycles. The average molecular weight is 399 g/mol. The minimum absolute atomic E-state index is 0.0733. The van der Waals surface area contributed by atoms with Gasteiger partial charge in [0.25, 0.3) is 10.0 Å². The Kier molecular flexibility index (Phi) is 5.26. The van der Waals surface area contributed by atoms with Gasteiger partial charge in [-0.25, -0.2) is 22.6 Å². The molecule has 3 rings (SSSR count). The first-order chi connectivity index (χ1) is 11.9. The summed E-state index contributed by atoms with van der Waals surface area (Å²) in [4.78, 5) is 3.69. The first kappa shape index (κ1) is 17.7. The summed E-state index contributed by atoms with van der Waals surface area (Å²) in [6.07, 6.45) is 0. The standard InChI is InChI=1S/C15H12ClFN4O2S2/c16-12-7-6-11(17)8-13(12)25(22,23)21-14-18-15(20-19-14)24-9-10-4-2-1-3-5-10/h1-8H,9H2,(H2,18,19,20,21). The van der Waals surface area contributed by atoms with Gasteiger partial charge in [0.05, 0.1) is 5.02 Å². The molecule has 0 saturated carbocycles. The van der Waals surface area contributed by atoms with Crippen LogP contribution in [0.15, 0.2) is 58.6 Å². The van der Waals surface area contributed by atoms with Gasteiger partial charge >= 0.3 is 0 Å². The molecule has 2 N–H and O–H groups in total. The lowest BCUT2D eigenvalue weighted by Gasteiger charge is -2.06. The Morgan fingerprint density at radius 2 is 1.96 bits per heavy atom. The van der Waals surface area contributed by atoms with Gasteiger partial charge in [-0.15, -0.1) is 5.10 Å². The Balaban J connectivity index is 1.71. The van der Waals surface area contributed by atoms with Crippen LogP contribution in [0.5, 0.6) is 0 Å². The fourth-order valence-corrected chi connectivity index (χ4v) is 4.17. The molecule has 25 heavy (non-hydrogen) atoms. The van der Waals surface area contributed by atoms with Crippen molar-refractivity contribution < 1.29 is 12.8 Å². The smallest absolute Gasteiger partial charge is 0.247 e. The average Bonchev–Trinajstić information content (AvgIpc) is 3.03. The second-order valence-electron chi connectivity index (χ2n) is 4.92. The van der Waals surface area contributed by atoms with Crippen LogP contribution in [0.25, 0.3) is 0 Å². The number of halogens is 2. The van der Waals surface area contributed by atoms with Crippen LogP contribution in [0.2, 0.25) is 5.02 Å². The van der Waals surface area contributed by atoms with Gasteiger partial charge in [-0.05, 0) is 23.8 Å². The maximum absolute atomic E-state index is 13.3. The number of rotatable bonds is 6. The van der Waals surface area contributed by atoms with Crippen molar-refractivity contribution in [3.63, 3.8) is 0 Å². The van der Waals surface area contributed by atoms with E-state index in [9.17, 15) is 12.8 Å². The number of sulfonamides is 1. The highest BCUT2D eigenvalue weighted by Crippen LogP contribution is 2.25. The zero-order valence-electron chi connectivity index (χ0n) is 12.6. The number of nitrogens with zero attached hydrogens (tertiary/aromatic N) is 2. The van der Waals surface area contributed by atoms with Crippen molar-refractivity contribution in [3.05, 3.63) is 64.9 Å². The van der Waals surface area contributed by atoms with E-state index in [1.54, 1.807) is 0 Å². The lowest BCUT2D eigenvalue weighted by Crippen LogP contribution is -2.14. The number of hydrogen-bond donors (Lipinski definition) is 2. The molecule has 0 aliphatic heterocycles. The van der Waals surface area contributed by atoms with Gasteiger partial charge in [0, 0.05) is 5.75 Å². The fraction of sp³-hybridized carbons (Fsp3) is 0.0667. The van der Waals surface area contributed by atoms with Crippen LogP contribution in [0.4, 0.5) is 10.3 Å². The molecular formula is C15H12ClFN4O2S2. The summed E-state index contributed by atoms with van der Waals surface area (Å²) in [6, 6.07) is 12.8. The van der Waals surface area contributed by atoms with Crippen molar-refractivity contribution >= 4 is 39.3 Å². The molecule has 3 aromatic rings. The predicted octanol–water partition coefficient (Wildman–Crippen LogP) is 3.69. The van der Waals surface area contributed by atoms with Gasteiger partial charge in [0.1, 0.15) is 10.7 Å². The number of H-pyrrole nitrogens is 1. The minimum atomic E-state index is -4.09. The van der Waals surface area contributed by atoms with Crippen LogP contribution in [-0.4, -0.2) is 23.6 Å². The summed E-state index contributed by atoms with van der Waals surface area (Å²) in [5.41, 5.74) is 1.09. The third kappa shape index (κ3) is 4.50. The second kappa shape index (κ2) is 7.42. The van der Waals surface area contributed by atoms with Crippen LogP contribution in [-0.2, 0) is 15.8 Å². The first-order valence-corrected chi connectivity index (χ1v) is 9.86. The summed E-state index contributed by atoms with van der Waals surface area (Å²) in [5.74, 6) is -0.141. The number of benzene rings is 2. The van der Waals surface area contributed by atoms with E-state index in [1.807, 2.05) is 30.3 Å². The monoisotopic (exact) mass is 398 g/mol. The molecule has 0 aliphatic rings. The van der Waals surface area contributed by atoms with E-state index in [2.05, 4.69) is 19.9 Å². The maximum atomic E-state index is 13.3. The maximum Gasteiger partial charge on any atom is 0.265 e. The van der Waals surface area contributed by atoms with E-state index in [-0.39, 0.29) is 15.9 Å². The predicted molar refractivity (Wildman–Crippen MR) is 94.6 cm³/mol. The van der Waals surface area contributed by atoms with E-state index in [1.165, 1.54) is 17.8 Å². The molecule has 2 aromatic carbocycles. The fourth-order valence-electron chi connectivity index (χ4n) is 1.94. The number of thioether (sulfide) groups is 1. The molecule has 0 atom stereocenters. The van der Waals surface area contributed by atoms with Crippen LogP contribution >= 0.6 is 23.4 Å². The second-order valence-corrected chi connectivity index (χ2v) is 7.92. The molecule has 0 radical (unpaired) electrons. The summed E-state index contributed by atoms with van der Waals surface area (Å²) in [7, 11) is -4.09. The Hall–Kier alpha value is -2.10. The van der Waals surface area contributed by atoms with Crippen molar-refractivity contribution in [2.45, 2.75) is 15.8 Å². The van der Waals surface area contributed by atoms with Crippen LogP contribution in [0.3, 0.4) is 0 Å². The number of anilines is 1. The molecule has 0 fully saturated rings. The Morgan fingerprint density at radius 3 is 2.72 bits per heavy atom. The summed E-state index contributed by atoms with van der Waals surface area (Å²) in [6.45, 7) is 0. The highest BCUT2D eigenvalue weighted by atomic mass is 35.5. The third-order valence-electron chi connectivity index (χ3n) is 3.09. The zero-order valence-corrected chi connectivity index (χ0v) is 15.0. The third-order valence-corrected chi connectivity index (χ3v) is 5.83. The largest absolute Gasteiger partial charge is 0.265 e. The lowest BCUT2D eigenvalue weighted by atomic mass is 10.2. The molecule has 0 spiro atoms. The topological polar surface area (TPSA) is 87.7 Å². The van der Waals surface area contributed by atoms with Crippen molar-refractivity contribution in [2.75, 3.05) is 4.72 Å². The van der Waals surface area contributed by atoms with E-state index in [0.29, 0.717) is 10.9 Å². The van der Waals surface area contributed by atoms with Crippen molar-refractivity contribution in [3.8, 4) is 0 Å². The molecule has 1 heterocycles. The number of nitrogens with one attached hydrogen (secondary N) is 2. The highest BCUT2D eigenvalue weighted by molar-refractivity contribution is 7.98. The van der Waals surface area contributed by atoms with Gasteiger partial charge in [-0.2, -0.15) is 4.98 Å². The van der Waals surface area contributed by atoms with Gasteiger partial charge in [0.2, 0.25) is 11.1 Å². The normalized spacial score (nSPS) is 11.4. The number of hydrogen-bond acceptors (Lipinski definition) is 5. The van der Waals surface area contributed by atoms with Crippen molar-refractivity contribution in [1.82, 2.24) is 15.2 Å². The van der Waals surface area contributed by atoms with Crippen LogP contribution in [0.1, 0.15) is 5.56 Å². The summed E-state index contributed by atoms with van der Waals surface area (Å²) >= 11 is 7.18. The van der Waals surface area contributed by atoms with Crippen LogP contribution < -0.4 is 4.72 Å². The van der Waals surface area contributed by atoms with Crippen molar-refractivity contribution in [1.29, 1.82) is 0 Å². The molecular weight excluding hydrogens is 387 g/mol. The first-order valence-electron chi connectivity index (χ1n) is 7.01. The molecule has 0 saturated heterocycles. The van der Waals surface area contributed by atoms with Crippen molar-refractivity contribution in [2.24, 2.45) is 0 Å². The highest BCUT2D eigenvalue weighted by Gasteiger charge is 2.20. The molecule has 10 heteroatoms. The molecule has 0 unspecified atom stereocenters. The molecule has 0 aliphatic carbocycles. The Bertz CT molecular complexity index is 980. The zero-order chi connectivity index (χ0) is 17.9. The van der Waals surface area contributed by atoms with Gasteiger partial charge in [-0.1, -0.05) is 53.7 Å². The molecule has 0 amide bonds. The van der Waals surface area contributed by atoms with E-state index in [4.69, 9.17) is 11.6 Å². The van der Waals surface area contributed by atoms with E-state index >= 15 is 0 Å². The Morgan fingerprint density at radius 1 is 1.20 bits per heavy atom. The van der Waals surface area contributed by atoms with Gasteiger partial charge in [-0.3, -0.25) is 0 Å². The molecule has 0 bridgehead atoms. The van der Waals surface area contributed by atoms with Gasteiger partial charge < -0.3 is 0 Å². The SMILES string of the molecule is O=S(=O)(Nc1nc(SCc2ccccc2)n[nH]1)c1cc(F)ccc1Cl. The number of aromatic nitrogens is 3. The van der Waals surface area contributed by atoms with Gasteiger partial charge in [0.15, 0.2) is 0 Å². The summed E-state index contributed by atoms with van der Waals surface area (Å²) < 4.78 is 40.1. The molecule has 6 nitrogen and oxygen atoms in total. The number of aromatic amines is 1. The molecule has 130 valence electrons. The van der Waals surface area contributed by atoms with E-state index in [0.717, 1.165) is 17.7 Å². The summed E-state index contributed by atoms with van der Waals surface area (Å²) in [5, 5.41) is 6.73. The Labute approximate surface area is 152 Å². The lowest BCUT2D eigenvalue weighted by molar-refractivity contribution is 0.595. The van der Waals surface area contributed by atoms with E-state index < -0.39 is 15.8 Å². The minimum Gasteiger partial charge on any atom is -0.247 e. The van der Waals surface area contributed by atoms with Crippen LogP contribution in [0, 0.1) is 5.82 Å². The quantitative estimate of drug-likeness (QED) is 0.618.